The zero-order chi connectivity index (χ0) is 14.7. The fourth-order valence-electron chi connectivity index (χ4n) is 2.45. The van der Waals surface area contributed by atoms with Crippen LogP contribution in [0.4, 0.5) is 11.8 Å². The van der Waals surface area contributed by atoms with Gasteiger partial charge in [-0.3, -0.25) is 0 Å². The van der Waals surface area contributed by atoms with Crippen molar-refractivity contribution < 1.29 is 5.11 Å². The molecular formula is C14H16BrN5O. The Balaban J connectivity index is 1.71. The molecule has 2 aromatic heterocycles. The van der Waals surface area contributed by atoms with Gasteiger partial charge in [0, 0.05) is 54.8 Å². The van der Waals surface area contributed by atoms with E-state index >= 15 is 0 Å². The van der Waals surface area contributed by atoms with Crippen LogP contribution in [0.25, 0.3) is 0 Å². The van der Waals surface area contributed by atoms with Crippen LogP contribution >= 0.6 is 15.9 Å². The molecule has 0 atom stereocenters. The molecule has 0 spiro atoms. The quantitative estimate of drug-likeness (QED) is 0.904. The summed E-state index contributed by atoms with van der Waals surface area (Å²) in [5.41, 5.74) is 0.841. The van der Waals surface area contributed by atoms with Gasteiger partial charge in [-0.05, 0) is 28.1 Å². The number of rotatable bonds is 3. The zero-order valence-electron chi connectivity index (χ0n) is 11.5. The van der Waals surface area contributed by atoms with Crippen molar-refractivity contribution in [1.82, 2.24) is 15.0 Å². The van der Waals surface area contributed by atoms with Crippen LogP contribution in [-0.2, 0) is 6.61 Å². The number of hydrogen-bond acceptors (Lipinski definition) is 6. The minimum absolute atomic E-state index is 0.0101. The third-order valence-corrected chi connectivity index (χ3v) is 3.93. The van der Waals surface area contributed by atoms with Crippen molar-refractivity contribution >= 4 is 27.7 Å². The van der Waals surface area contributed by atoms with Gasteiger partial charge >= 0.3 is 0 Å². The van der Waals surface area contributed by atoms with Gasteiger partial charge in [0.1, 0.15) is 5.82 Å². The lowest BCUT2D eigenvalue weighted by Crippen LogP contribution is -2.47. The van der Waals surface area contributed by atoms with E-state index in [0.717, 1.165) is 48.0 Å². The third kappa shape index (κ3) is 3.14. The Hall–Kier alpha value is -1.73. The van der Waals surface area contributed by atoms with E-state index in [-0.39, 0.29) is 6.61 Å². The van der Waals surface area contributed by atoms with E-state index in [1.807, 2.05) is 12.1 Å². The molecule has 0 amide bonds. The number of pyridine rings is 1. The lowest BCUT2D eigenvalue weighted by Gasteiger charge is -2.36. The largest absolute Gasteiger partial charge is 0.392 e. The fraction of sp³-hybridized carbons (Fsp3) is 0.357. The first-order valence-corrected chi connectivity index (χ1v) is 7.59. The van der Waals surface area contributed by atoms with E-state index in [1.165, 1.54) is 0 Å². The Morgan fingerprint density at radius 2 is 1.71 bits per heavy atom. The molecule has 6 nitrogen and oxygen atoms in total. The third-order valence-electron chi connectivity index (χ3n) is 3.49. The monoisotopic (exact) mass is 349 g/mol. The van der Waals surface area contributed by atoms with Crippen molar-refractivity contribution in [3.05, 3.63) is 40.8 Å². The maximum absolute atomic E-state index is 9.49. The molecule has 1 aliphatic rings. The summed E-state index contributed by atoms with van der Waals surface area (Å²) in [4.78, 5) is 17.4. The van der Waals surface area contributed by atoms with Gasteiger partial charge in [0.15, 0.2) is 0 Å². The highest BCUT2D eigenvalue weighted by Crippen LogP contribution is 2.23. The summed E-state index contributed by atoms with van der Waals surface area (Å²) in [5.74, 6) is 1.62. The van der Waals surface area contributed by atoms with E-state index in [4.69, 9.17) is 0 Å². The molecule has 0 saturated carbocycles. The fourth-order valence-corrected chi connectivity index (χ4v) is 2.83. The summed E-state index contributed by atoms with van der Waals surface area (Å²) >= 11 is 3.38. The van der Waals surface area contributed by atoms with Gasteiger partial charge in [-0.1, -0.05) is 0 Å². The molecular weight excluding hydrogens is 334 g/mol. The Morgan fingerprint density at radius 1 is 1.05 bits per heavy atom. The minimum Gasteiger partial charge on any atom is -0.392 e. The summed E-state index contributed by atoms with van der Waals surface area (Å²) in [5, 5.41) is 9.49. The molecule has 0 aromatic carbocycles. The average Bonchev–Trinajstić information content (AvgIpc) is 2.56. The van der Waals surface area contributed by atoms with Crippen molar-refractivity contribution in [1.29, 1.82) is 0 Å². The molecule has 110 valence electrons. The standard InChI is InChI=1S/C14H16BrN5O/c15-12-8-11(10-21)13(18-9-12)19-4-6-20(7-5-19)14-16-2-1-3-17-14/h1-3,8-9,21H,4-7,10H2. The highest BCUT2D eigenvalue weighted by Gasteiger charge is 2.21. The van der Waals surface area contributed by atoms with E-state index in [2.05, 4.69) is 40.7 Å². The second-order valence-corrected chi connectivity index (χ2v) is 5.73. The normalized spacial score (nSPS) is 15.3. The number of aliphatic hydroxyl groups is 1. The van der Waals surface area contributed by atoms with Crippen LogP contribution in [-0.4, -0.2) is 46.2 Å². The van der Waals surface area contributed by atoms with E-state index in [0.29, 0.717) is 0 Å². The van der Waals surface area contributed by atoms with Gasteiger partial charge in [-0.25, -0.2) is 15.0 Å². The first-order valence-electron chi connectivity index (χ1n) is 6.80. The first-order chi connectivity index (χ1) is 10.3. The van der Waals surface area contributed by atoms with Gasteiger partial charge in [0.05, 0.1) is 6.61 Å². The second kappa shape index (κ2) is 6.36. The molecule has 1 aliphatic heterocycles. The second-order valence-electron chi connectivity index (χ2n) is 4.82. The SMILES string of the molecule is OCc1cc(Br)cnc1N1CCN(c2ncccn2)CC1. The van der Waals surface area contributed by atoms with Crippen LogP contribution in [0.3, 0.4) is 0 Å². The highest BCUT2D eigenvalue weighted by molar-refractivity contribution is 9.10. The smallest absolute Gasteiger partial charge is 0.225 e. The summed E-state index contributed by atoms with van der Waals surface area (Å²) in [6, 6.07) is 3.73. The topological polar surface area (TPSA) is 65.4 Å². The van der Waals surface area contributed by atoms with E-state index in [1.54, 1.807) is 18.6 Å². The summed E-state index contributed by atoms with van der Waals surface area (Å²) < 4.78 is 0.881. The van der Waals surface area contributed by atoms with Gasteiger partial charge in [-0.15, -0.1) is 0 Å². The number of nitrogens with zero attached hydrogens (tertiary/aromatic N) is 5. The molecule has 0 radical (unpaired) electrons. The Bertz CT molecular complexity index is 602. The predicted molar refractivity (Wildman–Crippen MR) is 84.3 cm³/mol. The van der Waals surface area contributed by atoms with Gasteiger partial charge in [0.2, 0.25) is 5.95 Å². The van der Waals surface area contributed by atoms with Gasteiger partial charge in [-0.2, -0.15) is 0 Å². The lowest BCUT2D eigenvalue weighted by molar-refractivity contribution is 0.281. The summed E-state index contributed by atoms with van der Waals surface area (Å²) in [6.07, 6.45) is 5.28. The number of aromatic nitrogens is 3. The molecule has 1 N–H and O–H groups in total. The molecule has 3 rings (SSSR count). The molecule has 1 fully saturated rings. The Labute approximate surface area is 131 Å². The lowest BCUT2D eigenvalue weighted by atomic mass is 10.2. The van der Waals surface area contributed by atoms with Crippen LogP contribution in [0.5, 0.6) is 0 Å². The number of anilines is 2. The van der Waals surface area contributed by atoms with Crippen molar-refractivity contribution in [3.8, 4) is 0 Å². The number of halogens is 1. The maximum atomic E-state index is 9.49. The van der Waals surface area contributed by atoms with Crippen LogP contribution in [0, 0.1) is 0 Å². The van der Waals surface area contributed by atoms with Crippen LogP contribution in [0.1, 0.15) is 5.56 Å². The highest BCUT2D eigenvalue weighted by atomic mass is 79.9. The zero-order valence-corrected chi connectivity index (χ0v) is 13.1. The molecule has 0 bridgehead atoms. The van der Waals surface area contributed by atoms with Crippen LogP contribution < -0.4 is 9.80 Å². The maximum Gasteiger partial charge on any atom is 0.225 e. The molecule has 0 aliphatic carbocycles. The van der Waals surface area contributed by atoms with Gasteiger partial charge in [0.25, 0.3) is 0 Å². The van der Waals surface area contributed by atoms with E-state index in [9.17, 15) is 5.11 Å². The molecule has 3 heterocycles. The Morgan fingerprint density at radius 3 is 2.38 bits per heavy atom. The van der Waals surface area contributed by atoms with Crippen molar-refractivity contribution in [3.63, 3.8) is 0 Å². The minimum atomic E-state index is -0.0101. The van der Waals surface area contributed by atoms with Gasteiger partial charge < -0.3 is 14.9 Å². The summed E-state index contributed by atoms with van der Waals surface area (Å²) in [6.45, 7) is 3.34. The number of aliphatic hydroxyl groups excluding tert-OH is 1. The molecule has 7 heteroatoms. The predicted octanol–water partition coefficient (Wildman–Crippen LogP) is 1.45. The number of hydrogen-bond donors (Lipinski definition) is 1. The first kappa shape index (κ1) is 14.2. The van der Waals surface area contributed by atoms with Crippen LogP contribution in [0.2, 0.25) is 0 Å². The van der Waals surface area contributed by atoms with Crippen LogP contribution in [0.15, 0.2) is 35.2 Å². The summed E-state index contributed by atoms with van der Waals surface area (Å²) in [7, 11) is 0. The molecule has 1 saturated heterocycles. The molecule has 21 heavy (non-hydrogen) atoms. The number of piperazine rings is 1. The van der Waals surface area contributed by atoms with Crippen molar-refractivity contribution in [2.75, 3.05) is 36.0 Å². The average molecular weight is 350 g/mol. The Kier molecular flexibility index (Phi) is 4.31. The molecule has 2 aromatic rings. The molecule has 0 unspecified atom stereocenters. The van der Waals surface area contributed by atoms with E-state index < -0.39 is 0 Å². The van der Waals surface area contributed by atoms with Crippen molar-refractivity contribution in [2.45, 2.75) is 6.61 Å². The van der Waals surface area contributed by atoms with Crippen molar-refractivity contribution in [2.24, 2.45) is 0 Å².